The van der Waals surface area contributed by atoms with Gasteiger partial charge < -0.3 is 0 Å². The molecule has 0 bridgehead atoms. The van der Waals surface area contributed by atoms with Crippen molar-refractivity contribution in [1.29, 1.82) is 0 Å². The van der Waals surface area contributed by atoms with E-state index in [-0.39, 0.29) is 5.91 Å². The number of carbonyl (C=O) groups excluding carboxylic acids is 1. The van der Waals surface area contributed by atoms with E-state index in [1.54, 1.807) is 28.4 Å². The Morgan fingerprint density at radius 3 is 2.65 bits per heavy atom. The van der Waals surface area contributed by atoms with Crippen molar-refractivity contribution in [1.82, 2.24) is 39.8 Å². The van der Waals surface area contributed by atoms with E-state index in [1.165, 1.54) is 4.80 Å². The zero-order valence-corrected chi connectivity index (χ0v) is 17.2. The summed E-state index contributed by atoms with van der Waals surface area (Å²) < 4.78 is 1.75. The van der Waals surface area contributed by atoms with Crippen LogP contribution in [0.4, 0.5) is 0 Å². The van der Waals surface area contributed by atoms with Gasteiger partial charge in [0, 0.05) is 13.1 Å². The highest BCUT2D eigenvalue weighted by Gasteiger charge is 2.30. The summed E-state index contributed by atoms with van der Waals surface area (Å²) in [5, 5.41) is 16.8. The van der Waals surface area contributed by atoms with Gasteiger partial charge in [-0.1, -0.05) is 29.8 Å². The van der Waals surface area contributed by atoms with Crippen LogP contribution in [0.5, 0.6) is 0 Å². The van der Waals surface area contributed by atoms with E-state index in [0.29, 0.717) is 30.2 Å². The van der Waals surface area contributed by atoms with Crippen molar-refractivity contribution in [3.05, 3.63) is 84.2 Å². The predicted octanol–water partition coefficient (Wildman–Crippen LogP) is 2.42. The third kappa shape index (κ3) is 3.82. The van der Waals surface area contributed by atoms with Gasteiger partial charge >= 0.3 is 0 Å². The first-order valence-corrected chi connectivity index (χ1v) is 10.2. The Bertz CT molecular complexity index is 1190. The number of aryl methyl sites for hydroxylation is 1. The average molecular weight is 414 g/mol. The van der Waals surface area contributed by atoms with Gasteiger partial charge in [-0.15, -0.1) is 5.10 Å². The van der Waals surface area contributed by atoms with Crippen molar-refractivity contribution in [2.24, 2.45) is 0 Å². The van der Waals surface area contributed by atoms with Crippen LogP contribution in [0.2, 0.25) is 0 Å². The van der Waals surface area contributed by atoms with Crippen LogP contribution in [0.25, 0.3) is 11.4 Å². The smallest absolute Gasteiger partial charge is 0.270 e. The molecule has 2 aromatic carbocycles. The average Bonchev–Trinajstić information content (AvgIpc) is 3.56. The summed E-state index contributed by atoms with van der Waals surface area (Å²) in [6.07, 6.45) is 5.80. The Morgan fingerprint density at radius 1 is 1.03 bits per heavy atom. The lowest BCUT2D eigenvalue weighted by molar-refractivity contribution is 0.0158. The van der Waals surface area contributed by atoms with Crippen molar-refractivity contribution in [2.75, 3.05) is 13.1 Å². The second kappa shape index (κ2) is 8.11. The maximum atomic E-state index is 13.5. The molecule has 1 saturated heterocycles. The first-order chi connectivity index (χ1) is 15.2. The van der Waals surface area contributed by atoms with Gasteiger partial charge in [0.15, 0.2) is 5.82 Å². The molecule has 0 radical (unpaired) electrons. The highest BCUT2D eigenvalue weighted by atomic mass is 16.2. The minimum absolute atomic E-state index is 0.0732. The Hall–Kier alpha value is -3.85. The molecule has 0 N–H and O–H groups in total. The number of benzene rings is 2. The molecule has 3 heterocycles. The van der Waals surface area contributed by atoms with Crippen molar-refractivity contribution >= 4 is 5.91 Å². The molecule has 1 amide bonds. The Labute approximate surface area is 179 Å². The molecule has 1 fully saturated rings. The SMILES string of the molecule is Cc1ccc(-n2nccn2)c(C(=O)N2CCCN2Cc2ncn(-c3ccccc3)n2)c1. The fraction of sp³-hybridized carbons (Fsp3) is 0.227. The van der Waals surface area contributed by atoms with E-state index in [4.69, 9.17) is 0 Å². The van der Waals surface area contributed by atoms with Crippen molar-refractivity contribution in [2.45, 2.75) is 19.9 Å². The normalized spacial score (nSPS) is 14.3. The molecule has 0 atom stereocenters. The molecule has 5 rings (SSSR count). The molecule has 1 aliphatic rings. The molecule has 156 valence electrons. The predicted molar refractivity (Wildman–Crippen MR) is 114 cm³/mol. The summed E-state index contributed by atoms with van der Waals surface area (Å²) in [6, 6.07) is 15.6. The lowest BCUT2D eigenvalue weighted by Crippen LogP contribution is -2.41. The fourth-order valence-electron chi connectivity index (χ4n) is 3.77. The minimum Gasteiger partial charge on any atom is -0.271 e. The second-order valence-corrected chi connectivity index (χ2v) is 7.45. The summed E-state index contributed by atoms with van der Waals surface area (Å²) in [5.74, 6) is 0.595. The molecule has 1 aliphatic heterocycles. The lowest BCUT2D eigenvalue weighted by Gasteiger charge is -2.27. The van der Waals surface area contributed by atoms with Crippen molar-refractivity contribution in [3.8, 4) is 11.4 Å². The molecule has 2 aromatic heterocycles. The number of para-hydroxylation sites is 1. The van der Waals surface area contributed by atoms with Gasteiger partial charge in [0.2, 0.25) is 0 Å². The Kier molecular flexibility index (Phi) is 5.01. The van der Waals surface area contributed by atoms with Gasteiger partial charge in [-0.25, -0.2) is 14.7 Å². The monoisotopic (exact) mass is 414 g/mol. The zero-order valence-electron chi connectivity index (χ0n) is 17.2. The molecule has 4 aromatic rings. The van der Waals surface area contributed by atoms with E-state index in [9.17, 15) is 4.79 Å². The summed E-state index contributed by atoms with van der Waals surface area (Å²) >= 11 is 0. The molecule has 9 heteroatoms. The fourth-order valence-corrected chi connectivity index (χ4v) is 3.77. The van der Waals surface area contributed by atoms with E-state index in [1.807, 2.05) is 60.5 Å². The first-order valence-electron chi connectivity index (χ1n) is 10.2. The van der Waals surface area contributed by atoms with Gasteiger partial charge in [0.1, 0.15) is 6.33 Å². The summed E-state index contributed by atoms with van der Waals surface area (Å²) in [6.45, 7) is 3.86. The van der Waals surface area contributed by atoms with Crippen molar-refractivity contribution < 1.29 is 4.79 Å². The highest BCUT2D eigenvalue weighted by Crippen LogP contribution is 2.22. The molecule has 0 saturated carbocycles. The van der Waals surface area contributed by atoms with Crippen LogP contribution in [-0.4, -0.2) is 58.8 Å². The number of hydrazine groups is 1. The van der Waals surface area contributed by atoms with E-state index in [2.05, 4.69) is 20.3 Å². The molecule has 0 aliphatic carbocycles. The summed E-state index contributed by atoms with van der Waals surface area (Å²) in [7, 11) is 0. The minimum atomic E-state index is -0.0732. The Morgan fingerprint density at radius 2 is 1.84 bits per heavy atom. The van der Waals surface area contributed by atoms with Crippen LogP contribution >= 0.6 is 0 Å². The van der Waals surface area contributed by atoms with Gasteiger partial charge in [-0.05, 0) is 37.6 Å². The number of carbonyl (C=O) groups is 1. The number of nitrogens with zero attached hydrogens (tertiary/aromatic N) is 8. The van der Waals surface area contributed by atoms with Gasteiger partial charge in [-0.3, -0.25) is 9.80 Å². The summed E-state index contributed by atoms with van der Waals surface area (Å²) in [5.41, 5.74) is 3.20. The molecule has 9 nitrogen and oxygen atoms in total. The number of aromatic nitrogens is 6. The van der Waals surface area contributed by atoms with E-state index >= 15 is 0 Å². The number of hydrogen-bond donors (Lipinski definition) is 0. The molecule has 0 unspecified atom stereocenters. The number of rotatable bonds is 5. The van der Waals surface area contributed by atoms with Gasteiger partial charge in [0.25, 0.3) is 5.91 Å². The van der Waals surface area contributed by atoms with Crippen LogP contribution in [0.1, 0.15) is 28.2 Å². The van der Waals surface area contributed by atoms with Crippen LogP contribution in [0.15, 0.2) is 67.3 Å². The highest BCUT2D eigenvalue weighted by molar-refractivity contribution is 5.97. The maximum Gasteiger partial charge on any atom is 0.270 e. The molecule has 31 heavy (non-hydrogen) atoms. The molecular formula is C22H22N8O. The standard InChI is InChI=1S/C22H22N8O/c1-17-8-9-20(30-24-10-11-25-30)19(14-17)22(31)29-13-5-12-27(29)15-21-23-16-28(26-21)18-6-3-2-4-7-18/h2-4,6-11,14,16H,5,12-13,15H2,1H3. The third-order valence-corrected chi connectivity index (χ3v) is 5.26. The van der Waals surface area contributed by atoms with E-state index in [0.717, 1.165) is 24.2 Å². The largest absolute Gasteiger partial charge is 0.271 e. The molecular weight excluding hydrogens is 392 g/mol. The number of hydrogen-bond acceptors (Lipinski definition) is 6. The summed E-state index contributed by atoms with van der Waals surface area (Å²) in [4.78, 5) is 19.4. The third-order valence-electron chi connectivity index (χ3n) is 5.26. The van der Waals surface area contributed by atoms with Gasteiger partial charge in [0.05, 0.1) is 35.9 Å². The van der Waals surface area contributed by atoms with Crippen LogP contribution in [-0.2, 0) is 6.54 Å². The van der Waals surface area contributed by atoms with Crippen LogP contribution < -0.4 is 0 Å². The van der Waals surface area contributed by atoms with Crippen LogP contribution in [0.3, 0.4) is 0 Å². The lowest BCUT2D eigenvalue weighted by atomic mass is 10.1. The zero-order chi connectivity index (χ0) is 21.2. The Balaban J connectivity index is 1.38. The maximum absolute atomic E-state index is 13.5. The van der Waals surface area contributed by atoms with Gasteiger partial charge in [-0.2, -0.15) is 15.0 Å². The van der Waals surface area contributed by atoms with Crippen LogP contribution in [0, 0.1) is 6.92 Å². The van der Waals surface area contributed by atoms with Crippen molar-refractivity contribution in [3.63, 3.8) is 0 Å². The molecule has 0 spiro atoms. The topological polar surface area (TPSA) is 85.0 Å². The quantitative estimate of drug-likeness (QED) is 0.499. The number of amides is 1. The second-order valence-electron chi connectivity index (χ2n) is 7.45. The first kappa shape index (κ1) is 19.1. The van der Waals surface area contributed by atoms with E-state index < -0.39 is 0 Å².